The molecule has 0 fully saturated rings. The second kappa shape index (κ2) is 7.45. The highest BCUT2D eigenvalue weighted by molar-refractivity contribution is 4.84. The van der Waals surface area contributed by atoms with Crippen molar-refractivity contribution < 1.29 is 0 Å². The third kappa shape index (κ3) is 7.45. The first-order valence-corrected chi connectivity index (χ1v) is 3.24. The van der Waals surface area contributed by atoms with Gasteiger partial charge in [0.1, 0.15) is 0 Å². The molecule has 2 nitrogen and oxygen atoms in total. The Labute approximate surface area is 58.1 Å². The van der Waals surface area contributed by atoms with E-state index >= 15 is 0 Å². The van der Waals surface area contributed by atoms with Crippen LogP contribution >= 0.6 is 0 Å². The van der Waals surface area contributed by atoms with Crippen molar-refractivity contribution in [1.29, 1.82) is 5.26 Å². The molecule has 9 heavy (non-hydrogen) atoms. The molecule has 0 spiro atoms. The van der Waals surface area contributed by atoms with Crippen LogP contribution in [0, 0.1) is 11.3 Å². The summed E-state index contributed by atoms with van der Waals surface area (Å²) in [5.74, 6) is 0. The van der Waals surface area contributed by atoms with Gasteiger partial charge in [0.2, 0.25) is 0 Å². The summed E-state index contributed by atoms with van der Waals surface area (Å²) in [6, 6.07) is 2.13. The van der Waals surface area contributed by atoms with Gasteiger partial charge in [-0.2, -0.15) is 5.26 Å². The zero-order chi connectivity index (χ0) is 7.86. The van der Waals surface area contributed by atoms with E-state index in [1.807, 2.05) is 39.8 Å². The number of rotatable bonds is 1. The third-order valence-electron chi connectivity index (χ3n) is 0.961. The number of hydrogen-bond donors (Lipinski definition) is 0. The Bertz CT molecular complexity index is 81.4. The molecule has 0 aliphatic rings. The van der Waals surface area contributed by atoms with E-state index in [2.05, 4.69) is 6.07 Å². The van der Waals surface area contributed by atoms with Crippen molar-refractivity contribution in [2.75, 3.05) is 14.1 Å². The minimum atomic E-state index is 0.0417. The highest BCUT2D eigenvalue weighted by Crippen LogP contribution is 1.84. The lowest BCUT2D eigenvalue weighted by molar-refractivity contribution is 0.371. The van der Waals surface area contributed by atoms with E-state index < -0.39 is 0 Å². The molecule has 0 saturated carbocycles. The van der Waals surface area contributed by atoms with Gasteiger partial charge in [0.15, 0.2) is 0 Å². The Morgan fingerprint density at radius 1 is 1.33 bits per heavy atom. The summed E-state index contributed by atoms with van der Waals surface area (Å²) in [6.07, 6.45) is 0. The largest absolute Gasteiger partial charge is 0.294 e. The van der Waals surface area contributed by atoms with Crippen LogP contribution < -0.4 is 0 Å². The minimum Gasteiger partial charge on any atom is -0.294 e. The monoisotopic (exact) mass is 128 g/mol. The van der Waals surface area contributed by atoms with E-state index in [1.165, 1.54) is 0 Å². The Morgan fingerprint density at radius 2 is 1.67 bits per heavy atom. The summed E-state index contributed by atoms with van der Waals surface area (Å²) in [5.41, 5.74) is 0. The van der Waals surface area contributed by atoms with Gasteiger partial charge in [0.05, 0.1) is 12.1 Å². The fraction of sp³-hybridized carbons (Fsp3) is 0.857. The van der Waals surface area contributed by atoms with Crippen LogP contribution in [0.3, 0.4) is 0 Å². The molecule has 0 N–H and O–H groups in total. The van der Waals surface area contributed by atoms with Crippen molar-refractivity contribution in [3.63, 3.8) is 0 Å². The molecule has 0 aromatic rings. The molecule has 0 rings (SSSR count). The van der Waals surface area contributed by atoms with Gasteiger partial charge in [-0.25, -0.2) is 0 Å². The second-order valence-corrected chi connectivity index (χ2v) is 1.77. The number of hydrogen-bond acceptors (Lipinski definition) is 2. The lowest BCUT2D eigenvalue weighted by atomic mass is 10.4. The molecule has 0 aliphatic heterocycles. The van der Waals surface area contributed by atoms with E-state index in [9.17, 15) is 0 Å². The molecule has 0 heterocycles. The minimum absolute atomic E-state index is 0.0417. The summed E-state index contributed by atoms with van der Waals surface area (Å²) in [5, 5.41) is 8.21. The summed E-state index contributed by atoms with van der Waals surface area (Å²) >= 11 is 0. The lowest BCUT2D eigenvalue weighted by Crippen LogP contribution is -2.22. The fourth-order valence-corrected chi connectivity index (χ4v) is 0.115. The van der Waals surface area contributed by atoms with Gasteiger partial charge in [0.25, 0.3) is 0 Å². The van der Waals surface area contributed by atoms with Crippen molar-refractivity contribution in [3.8, 4) is 6.07 Å². The van der Waals surface area contributed by atoms with Gasteiger partial charge in [-0.1, -0.05) is 13.8 Å². The number of nitriles is 1. The van der Waals surface area contributed by atoms with Crippen LogP contribution in [-0.4, -0.2) is 25.0 Å². The van der Waals surface area contributed by atoms with Gasteiger partial charge in [-0.05, 0) is 21.0 Å². The van der Waals surface area contributed by atoms with Crippen LogP contribution in [0.15, 0.2) is 0 Å². The summed E-state index contributed by atoms with van der Waals surface area (Å²) < 4.78 is 0. The predicted octanol–water partition coefficient (Wildman–Crippen LogP) is 1.49. The molecule has 0 aromatic carbocycles. The maximum Gasteiger partial charge on any atom is 0.0944 e. The van der Waals surface area contributed by atoms with Gasteiger partial charge < -0.3 is 0 Å². The Kier molecular flexibility index (Phi) is 9.33. The van der Waals surface area contributed by atoms with Crippen molar-refractivity contribution in [3.05, 3.63) is 0 Å². The van der Waals surface area contributed by atoms with Crippen LogP contribution in [0.2, 0.25) is 0 Å². The van der Waals surface area contributed by atoms with E-state index in [1.54, 1.807) is 0 Å². The van der Waals surface area contributed by atoms with E-state index in [0.717, 1.165) is 0 Å². The van der Waals surface area contributed by atoms with Crippen LogP contribution in [0.5, 0.6) is 0 Å². The molecule has 1 unspecified atom stereocenters. The lowest BCUT2D eigenvalue weighted by Gasteiger charge is -2.09. The SMILES string of the molecule is CC.CC(C#N)N(C)C. The van der Waals surface area contributed by atoms with Gasteiger partial charge in [-0.3, -0.25) is 4.90 Å². The zero-order valence-corrected chi connectivity index (χ0v) is 6.97. The average molecular weight is 128 g/mol. The number of nitrogens with zero attached hydrogens (tertiary/aromatic N) is 2. The molecule has 0 radical (unpaired) electrons. The smallest absolute Gasteiger partial charge is 0.0944 e. The fourth-order valence-electron chi connectivity index (χ4n) is 0.115. The Hall–Kier alpha value is -0.550. The molecule has 54 valence electrons. The maximum atomic E-state index is 8.21. The third-order valence-corrected chi connectivity index (χ3v) is 0.961. The van der Waals surface area contributed by atoms with Crippen molar-refractivity contribution >= 4 is 0 Å². The molecule has 0 bridgehead atoms. The molecular weight excluding hydrogens is 112 g/mol. The maximum absolute atomic E-state index is 8.21. The van der Waals surface area contributed by atoms with Crippen molar-refractivity contribution in [2.45, 2.75) is 26.8 Å². The summed E-state index contributed by atoms with van der Waals surface area (Å²) in [6.45, 7) is 5.86. The van der Waals surface area contributed by atoms with Crippen LogP contribution in [0.1, 0.15) is 20.8 Å². The van der Waals surface area contributed by atoms with E-state index in [-0.39, 0.29) is 6.04 Å². The second-order valence-electron chi connectivity index (χ2n) is 1.77. The first-order valence-electron chi connectivity index (χ1n) is 3.24. The Balaban J connectivity index is 0. The van der Waals surface area contributed by atoms with Gasteiger partial charge in [-0.15, -0.1) is 0 Å². The molecule has 0 aromatic heterocycles. The molecule has 0 aliphatic carbocycles. The predicted molar refractivity (Wildman–Crippen MR) is 40.1 cm³/mol. The molecule has 0 amide bonds. The topological polar surface area (TPSA) is 27.0 Å². The quantitative estimate of drug-likeness (QED) is 0.535. The highest BCUT2D eigenvalue weighted by atomic mass is 15.1. The standard InChI is InChI=1S/C5H10N2.C2H6/c1-5(4-6)7(2)3;1-2/h5H,1-3H3;1-2H3. The van der Waals surface area contributed by atoms with Crippen LogP contribution in [-0.2, 0) is 0 Å². The molecule has 2 heteroatoms. The van der Waals surface area contributed by atoms with E-state index in [4.69, 9.17) is 5.26 Å². The normalized spacial score (nSPS) is 11.2. The highest BCUT2D eigenvalue weighted by Gasteiger charge is 1.97. The van der Waals surface area contributed by atoms with Crippen molar-refractivity contribution in [1.82, 2.24) is 4.90 Å². The van der Waals surface area contributed by atoms with Gasteiger partial charge in [0, 0.05) is 0 Å². The summed E-state index contributed by atoms with van der Waals surface area (Å²) in [7, 11) is 3.77. The Morgan fingerprint density at radius 3 is 1.67 bits per heavy atom. The molecule has 1 atom stereocenters. The van der Waals surface area contributed by atoms with Crippen LogP contribution in [0.4, 0.5) is 0 Å². The van der Waals surface area contributed by atoms with E-state index in [0.29, 0.717) is 0 Å². The summed E-state index contributed by atoms with van der Waals surface area (Å²) in [4.78, 5) is 1.86. The van der Waals surface area contributed by atoms with Crippen molar-refractivity contribution in [2.24, 2.45) is 0 Å². The van der Waals surface area contributed by atoms with Gasteiger partial charge >= 0.3 is 0 Å². The zero-order valence-electron chi connectivity index (χ0n) is 6.97. The first kappa shape index (κ1) is 11.3. The van der Waals surface area contributed by atoms with Crippen LogP contribution in [0.25, 0.3) is 0 Å². The molecule has 0 saturated heterocycles. The molecular formula is C7H16N2. The first-order chi connectivity index (χ1) is 4.18. The average Bonchev–Trinajstić information content (AvgIpc) is 1.91.